The standard InChI is InChI=1S/C23H23F2N3O4S/c24-16-8-9-17(18(25)14-16)20-15-26-23(32-20)11-10-22(29)27-19-6-2-3-7-21(19)33(30,31)28-12-4-1-5-13-28/h2-3,6-9,14-15H,1,4-5,10-13H2,(H,27,29). The molecular weight excluding hydrogens is 452 g/mol. The molecule has 7 nitrogen and oxygen atoms in total. The molecule has 2 heterocycles. The van der Waals surface area contributed by atoms with E-state index in [1.54, 1.807) is 18.2 Å². The molecule has 0 unspecified atom stereocenters. The molecule has 0 saturated carbocycles. The van der Waals surface area contributed by atoms with Crippen molar-refractivity contribution in [3.63, 3.8) is 0 Å². The van der Waals surface area contributed by atoms with Gasteiger partial charge in [-0.25, -0.2) is 22.2 Å². The minimum atomic E-state index is -3.71. The Morgan fingerprint density at radius 1 is 1.09 bits per heavy atom. The lowest BCUT2D eigenvalue weighted by molar-refractivity contribution is -0.116. The van der Waals surface area contributed by atoms with Crippen LogP contribution in [-0.4, -0.2) is 36.7 Å². The van der Waals surface area contributed by atoms with Crippen LogP contribution < -0.4 is 5.32 Å². The highest BCUT2D eigenvalue weighted by molar-refractivity contribution is 7.89. The van der Waals surface area contributed by atoms with Crippen molar-refractivity contribution in [1.82, 2.24) is 9.29 Å². The van der Waals surface area contributed by atoms with Crippen LogP contribution in [0.5, 0.6) is 0 Å². The van der Waals surface area contributed by atoms with Crippen molar-refractivity contribution < 1.29 is 26.4 Å². The van der Waals surface area contributed by atoms with Gasteiger partial charge in [-0.1, -0.05) is 18.6 Å². The maximum absolute atomic E-state index is 13.9. The summed E-state index contributed by atoms with van der Waals surface area (Å²) in [4.78, 5) is 16.6. The zero-order valence-corrected chi connectivity index (χ0v) is 18.6. The van der Waals surface area contributed by atoms with Gasteiger partial charge in [0.2, 0.25) is 15.9 Å². The lowest BCUT2D eigenvalue weighted by Gasteiger charge is -2.26. The number of oxazole rings is 1. The number of hydrogen-bond donors (Lipinski definition) is 1. The van der Waals surface area contributed by atoms with Crippen LogP contribution in [0, 0.1) is 11.6 Å². The van der Waals surface area contributed by atoms with E-state index in [1.807, 2.05) is 0 Å². The lowest BCUT2D eigenvalue weighted by Crippen LogP contribution is -2.36. The minimum absolute atomic E-state index is 0.0239. The Morgan fingerprint density at radius 2 is 1.85 bits per heavy atom. The first-order valence-electron chi connectivity index (χ1n) is 10.6. The van der Waals surface area contributed by atoms with E-state index >= 15 is 0 Å². The third-order valence-electron chi connectivity index (χ3n) is 5.41. The van der Waals surface area contributed by atoms with Gasteiger partial charge in [0.05, 0.1) is 17.4 Å². The Hall–Kier alpha value is -3.11. The van der Waals surface area contributed by atoms with Gasteiger partial charge in [0, 0.05) is 32.0 Å². The summed E-state index contributed by atoms with van der Waals surface area (Å²) in [7, 11) is -3.71. The number of carbonyl (C=O) groups is 1. The van der Waals surface area contributed by atoms with Crippen LogP contribution in [0.15, 0.2) is 58.0 Å². The molecule has 174 valence electrons. The van der Waals surface area contributed by atoms with Gasteiger partial charge in [-0.05, 0) is 37.1 Å². The summed E-state index contributed by atoms with van der Waals surface area (Å²) >= 11 is 0. The number of aromatic nitrogens is 1. The first kappa shape index (κ1) is 23.1. The molecule has 33 heavy (non-hydrogen) atoms. The van der Waals surface area contributed by atoms with Crippen LogP contribution in [0.4, 0.5) is 14.5 Å². The second-order valence-corrected chi connectivity index (χ2v) is 9.66. The molecule has 10 heteroatoms. The number of carbonyl (C=O) groups excluding carboxylic acids is 1. The minimum Gasteiger partial charge on any atom is -0.441 e. The van der Waals surface area contributed by atoms with Crippen molar-refractivity contribution in [2.45, 2.75) is 37.0 Å². The number of sulfonamides is 1. The molecule has 1 aliphatic heterocycles. The third-order valence-corrected chi connectivity index (χ3v) is 7.37. The van der Waals surface area contributed by atoms with Crippen molar-refractivity contribution in [1.29, 1.82) is 0 Å². The topological polar surface area (TPSA) is 92.5 Å². The molecule has 1 fully saturated rings. The summed E-state index contributed by atoms with van der Waals surface area (Å²) in [5.41, 5.74) is 0.283. The maximum atomic E-state index is 13.9. The predicted octanol–water partition coefficient (Wildman–Crippen LogP) is 4.37. The number of aryl methyl sites for hydroxylation is 1. The third kappa shape index (κ3) is 5.28. The fourth-order valence-electron chi connectivity index (χ4n) is 3.71. The number of amides is 1. The van der Waals surface area contributed by atoms with E-state index in [-0.39, 0.29) is 40.6 Å². The quantitative estimate of drug-likeness (QED) is 0.548. The number of rotatable bonds is 7. The van der Waals surface area contributed by atoms with Crippen molar-refractivity contribution in [3.8, 4) is 11.3 Å². The number of para-hydroxylation sites is 1. The van der Waals surface area contributed by atoms with E-state index in [1.165, 1.54) is 22.6 Å². The van der Waals surface area contributed by atoms with Crippen LogP contribution in [-0.2, 0) is 21.2 Å². The van der Waals surface area contributed by atoms with E-state index in [9.17, 15) is 22.0 Å². The number of hydrogen-bond acceptors (Lipinski definition) is 5. The molecule has 1 aliphatic rings. The van der Waals surface area contributed by atoms with E-state index in [4.69, 9.17) is 4.42 Å². The van der Waals surface area contributed by atoms with Crippen LogP contribution in [0.25, 0.3) is 11.3 Å². The van der Waals surface area contributed by atoms with E-state index in [0.717, 1.165) is 31.4 Å². The van der Waals surface area contributed by atoms with Crippen LogP contribution >= 0.6 is 0 Å². The Morgan fingerprint density at radius 3 is 2.61 bits per heavy atom. The predicted molar refractivity (Wildman–Crippen MR) is 118 cm³/mol. The van der Waals surface area contributed by atoms with Crippen molar-refractivity contribution >= 4 is 21.6 Å². The zero-order valence-electron chi connectivity index (χ0n) is 17.8. The molecule has 0 atom stereocenters. The van der Waals surface area contributed by atoms with E-state index in [0.29, 0.717) is 13.1 Å². The molecule has 0 aliphatic carbocycles. The number of halogens is 2. The molecule has 0 spiro atoms. The molecule has 0 radical (unpaired) electrons. The first-order valence-corrected chi connectivity index (χ1v) is 12.1. The van der Waals surface area contributed by atoms with Gasteiger partial charge >= 0.3 is 0 Å². The van der Waals surface area contributed by atoms with Gasteiger partial charge < -0.3 is 9.73 Å². The molecule has 1 aromatic heterocycles. The Bertz CT molecular complexity index is 1250. The largest absolute Gasteiger partial charge is 0.441 e. The smallest absolute Gasteiger partial charge is 0.245 e. The first-order chi connectivity index (χ1) is 15.8. The zero-order chi connectivity index (χ0) is 23.4. The molecule has 0 bridgehead atoms. The van der Waals surface area contributed by atoms with Gasteiger partial charge in [-0.15, -0.1) is 0 Å². The Balaban J connectivity index is 1.42. The van der Waals surface area contributed by atoms with Gasteiger partial charge in [0.15, 0.2) is 11.7 Å². The molecule has 1 N–H and O–H groups in total. The molecule has 2 aromatic carbocycles. The number of benzene rings is 2. The average Bonchev–Trinajstić information content (AvgIpc) is 3.27. The molecule has 4 rings (SSSR count). The molecule has 1 amide bonds. The Kier molecular flexibility index (Phi) is 6.85. The van der Waals surface area contributed by atoms with Gasteiger partial charge in [0.25, 0.3) is 0 Å². The van der Waals surface area contributed by atoms with Crippen LogP contribution in [0.1, 0.15) is 31.6 Å². The summed E-state index contributed by atoms with van der Waals surface area (Å²) in [6.45, 7) is 0.928. The highest BCUT2D eigenvalue weighted by Crippen LogP contribution is 2.27. The monoisotopic (exact) mass is 475 g/mol. The summed E-state index contributed by atoms with van der Waals surface area (Å²) in [5, 5.41) is 2.66. The van der Waals surface area contributed by atoms with E-state index < -0.39 is 27.6 Å². The average molecular weight is 476 g/mol. The SMILES string of the molecule is O=C(CCc1ncc(-c2ccc(F)cc2F)o1)Nc1ccccc1S(=O)(=O)N1CCCCC1. The van der Waals surface area contributed by atoms with Crippen LogP contribution in [0.2, 0.25) is 0 Å². The number of nitrogens with one attached hydrogen (secondary N) is 1. The van der Waals surface area contributed by atoms with Crippen molar-refractivity contribution in [2.24, 2.45) is 0 Å². The molecule has 3 aromatic rings. The lowest BCUT2D eigenvalue weighted by atomic mass is 10.2. The fraction of sp³-hybridized carbons (Fsp3) is 0.304. The maximum Gasteiger partial charge on any atom is 0.245 e. The van der Waals surface area contributed by atoms with E-state index in [2.05, 4.69) is 10.3 Å². The number of nitrogens with zero attached hydrogens (tertiary/aromatic N) is 2. The summed E-state index contributed by atoms with van der Waals surface area (Å²) in [5.74, 6) is -1.56. The van der Waals surface area contributed by atoms with Crippen LogP contribution in [0.3, 0.4) is 0 Å². The van der Waals surface area contributed by atoms with Gasteiger partial charge in [-0.3, -0.25) is 4.79 Å². The summed E-state index contributed by atoms with van der Waals surface area (Å²) < 4.78 is 60.1. The van der Waals surface area contributed by atoms with Gasteiger partial charge in [0.1, 0.15) is 16.5 Å². The highest BCUT2D eigenvalue weighted by Gasteiger charge is 2.28. The number of piperidine rings is 1. The fourth-order valence-corrected chi connectivity index (χ4v) is 5.38. The normalized spacial score (nSPS) is 14.8. The molecule has 1 saturated heterocycles. The van der Waals surface area contributed by atoms with Crippen molar-refractivity contribution in [2.75, 3.05) is 18.4 Å². The van der Waals surface area contributed by atoms with Crippen molar-refractivity contribution in [3.05, 3.63) is 66.2 Å². The highest BCUT2D eigenvalue weighted by atomic mass is 32.2. The number of anilines is 1. The summed E-state index contributed by atoms with van der Waals surface area (Å²) in [6.07, 6.45) is 4.03. The summed E-state index contributed by atoms with van der Waals surface area (Å²) in [6, 6.07) is 9.43. The molecular formula is C23H23F2N3O4S. The Labute approximate surface area is 190 Å². The van der Waals surface area contributed by atoms with Gasteiger partial charge in [-0.2, -0.15) is 4.31 Å². The second-order valence-electron chi connectivity index (χ2n) is 7.75. The second kappa shape index (κ2) is 9.80.